The number of morpholine rings is 1. The number of fused-ring (bicyclic) bond motifs is 1. The minimum absolute atomic E-state index is 0.0292. The molecule has 148 valence electrons. The molecule has 4 rings (SSSR count). The lowest BCUT2D eigenvalue weighted by Crippen LogP contribution is -2.36. The molecule has 0 saturated carbocycles. The van der Waals surface area contributed by atoms with Crippen LogP contribution in [0.5, 0.6) is 11.5 Å². The molecule has 2 aliphatic rings. The zero-order valence-electron chi connectivity index (χ0n) is 16.1. The van der Waals surface area contributed by atoms with Crippen molar-refractivity contribution in [1.82, 2.24) is 9.88 Å². The minimum atomic E-state index is -0.0292. The number of anilines is 1. The first-order valence-corrected chi connectivity index (χ1v) is 9.71. The summed E-state index contributed by atoms with van der Waals surface area (Å²) < 4.78 is 16.6. The zero-order chi connectivity index (χ0) is 19.3. The van der Waals surface area contributed by atoms with Gasteiger partial charge in [-0.3, -0.25) is 4.79 Å². The van der Waals surface area contributed by atoms with Gasteiger partial charge in [-0.1, -0.05) is 6.07 Å². The SMILES string of the molecule is CCN(Cc1ccc2c(c1)OCCO2)C(=O)c1ccc(N2CCOCC2)nc1. The molecule has 0 bridgehead atoms. The highest BCUT2D eigenvalue weighted by molar-refractivity contribution is 5.94. The second kappa shape index (κ2) is 8.48. The highest BCUT2D eigenvalue weighted by atomic mass is 16.6. The summed E-state index contributed by atoms with van der Waals surface area (Å²) >= 11 is 0. The first kappa shape index (κ1) is 18.6. The average Bonchev–Trinajstić information content (AvgIpc) is 2.77. The van der Waals surface area contributed by atoms with Crippen molar-refractivity contribution in [3.05, 3.63) is 47.7 Å². The van der Waals surface area contributed by atoms with Crippen LogP contribution in [0.1, 0.15) is 22.8 Å². The van der Waals surface area contributed by atoms with Crippen LogP contribution in [-0.4, -0.2) is 61.9 Å². The molecule has 0 aliphatic carbocycles. The maximum atomic E-state index is 13.0. The second-order valence-corrected chi connectivity index (χ2v) is 6.80. The Hall–Kier alpha value is -2.80. The van der Waals surface area contributed by atoms with Gasteiger partial charge in [0.25, 0.3) is 5.91 Å². The maximum Gasteiger partial charge on any atom is 0.255 e. The molecule has 1 aromatic heterocycles. The third-order valence-electron chi connectivity index (χ3n) is 4.98. The van der Waals surface area contributed by atoms with Crippen molar-refractivity contribution < 1.29 is 19.0 Å². The molecule has 2 aliphatic heterocycles. The predicted octanol–water partition coefficient (Wildman–Crippen LogP) is 2.35. The van der Waals surface area contributed by atoms with Gasteiger partial charge in [0.1, 0.15) is 19.0 Å². The molecule has 0 spiro atoms. The van der Waals surface area contributed by atoms with E-state index in [1.807, 2.05) is 37.3 Å². The van der Waals surface area contributed by atoms with Crippen LogP contribution >= 0.6 is 0 Å². The van der Waals surface area contributed by atoms with Gasteiger partial charge >= 0.3 is 0 Å². The summed E-state index contributed by atoms with van der Waals surface area (Å²) in [5.41, 5.74) is 1.61. The number of aromatic nitrogens is 1. The number of carbonyl (C=O) groups is 1. The van der Waals surface area contributed by atoms with Crippen LogP contribution in [0.3, 0.4) is 0 Å². The van der Waals surface area contributed by atoms with E-state index in [0.29, 0.717) is 45.1 Å². The zero-order valence-corrected chi connectivity index (χ0v) is 16.1. The summed E-state index contributed by atoms with van der Waals surface area (Å²) in [5.74, 6) is 2.35. The average molecular weight is 383 g/mol. The highest BCUT2D eigenvalue weighted by Gasteiger charge is 2.18. The van der Waals surface area contributed by atoms with Crippen LogP contribution < -0.4 is 14.4 Å². The monoisotopic (exact) mass is 383 g/mol. The molecule has 0 unspecified atom stereocenters. The van der Waals surface area contributed by atoms with Crippen molar-refractivity contribution in [3.8, 4) is 11.5 Å². The fourth-order valence-electron chi connectivity index (χ4n) is 3.41. The van der Waals surface area contributed by atoms with Gasteiger partial charge in [0.2, 0.25) is 0 Å². The van der Waals surface area contributed by atoms with Gasteiger partial charge in [-0.25, -0.2) is 4.98 Å². The smallest absolute Gasteiger partial charge is 0.255 e. The van der Waals surface area contributed by atoms with E-state index in [0.717, 1.165) is 36.0 Å². The Labute approximate surface area is 164 Å². The van der Waals surface area contributed by atoms with Crippen molar-refractivity contribution in [2.24, 2.45) is 0 Å². The van der Waals surface area contributed by atoms with Crippen molar-refractivity contribution in [2.45, 2.75) is 13.5 Å². The highest BCUT2D eigenvalue weighted by Crippen LogP contribution is 2.31. The Bertz CT molecular complexity index is 819. The molecule has 1 saturated heterocycles. The molecule has 1 aromatic carbocycles. The first-order valence-electron chi connectivity index (χ1n) is 9.71. The Morgan fingerprint density at radius 3 is 2.57 bits per heavy atom. The lowest BCUT2D eigenvalue weighted by molar-refractivity contribution is 0.0751. The van der Waals surface area contributed by atoms with Crippen molar-refractivity contribution in [3.63, 3.8) is 0 Å². The van der Waals surface area contributed by atoms with Gasteiger partial charge in [0.15, 0.2) is 11.5 Å². The Balaban J connectivity index is 1.44. The van der Waals surface area contributed by atoms with E-state index in [-0.39, 0.29) is 5.91 Å². The molecular weight excluding hydrogens is 358 g/mol. The number of amides is 1. The molecule has 0 atom stereocenters. The minimum Gasteiger partial charge on any atom is -0.486 e. The van der Waals surface area contributed by atoms with Crippen LogP contribution in [0.15, 0.2) is 36.5 Å². The van der Waals surface area contributed by atoms with Gasteiger partial charge < -0.3 is 24.0 Å². The summed E-state index contributed by atoms with van der Waals surface area (Å²) in [5, 5.41) is 0. The molecule has 1 fully saturated rings. The number of nitrogens with zero attached hydrogens (tertiary/aromatic N) is 3. The predicted molar refractivity (Wildman–Crippen MR) is 105 cm³/mol. The van der Waals surface area contributed by atoms with E-state index < -0.39 is 0 Å². The lowest BCUT2D eigenvalue weighted by Gasteiger charge is -2.28. The molecule has 7 heteroatoms. The van der Waals surface area contributed by atoms with Crippen molar-refractivity contribution in [1.29, 1.82) is 0 Å². The van der Waals surface area contributed by atoms with E-state index in [1.165, 1.54) is 0 Å². The van der Waals surface area contributed by atoms with E-state index in [4.69, 9.17) is 14.2 Å². The van der Waals surface area contributed by atoms with Gasteiger partial charge in [0.05, 0.1) is 18.8 Å². The summed E-state index contributed by atoms with van der Waals surface area (Å²) in [6.45, 7) is 7.29. The molecule has 0 radical (unpaired) electrons. The topological polar surface area (TPSA) is 64.1 Å². The molecule has 3 heterocycles. The number of carbonyl (C=O) groups excluding carboxylic acids is 1. The quantitative estimate of drug-likeness (QED) is 0.790. The van der Waals surface area contributed by atoms with Gasteiger partial charge in [-0.2, -0.15) is 0 Å². The van der Waals surface area contributed by atoms with Crippen LogP contribution in [-0.2, 0) is 11.3 Å². The molecule has 0 N–H and O–H groups in total. The molecular formula is C21H25N3O4. The fourth-order valence-corrected chi connectivity index (χ4v) is 3.41. The van der Waals surface area contributed by atoms with E-state index in [1.54, 1.807) is 11.1 Å². The maximum absolute atomic E-state index is 13.0. The summed E-state index contributed by atoms with van der Waals surface area (Å²) in [6.07, 6.45) is 1.67. The summed E-state index contributed by atoms with van der Waals surface area (Å²) in [7, 11) is 0. The van der Waals surface area contributed by atoms with Crippen molar-refractivity contribution >= 4 is 11.7 Å². The Morgan fingerprint density at radius 2 is 1.86 bits per heavy atom. The van der Waals surface area contributed by atoms with Gasteiger partial charge in [0, 0.05) is 32.4 Å². The number of rotatable bonds is 5. The number of benzene rings is 1. The van der Waals surface area contributed by atoms with E-state index in [9.17, 15) is 4.79 Å². The first-order chi connectivity index (χ1) is 13.7. The summed E-state index contributed by atoms with van der Waals surface area (Å²) in [6, 6.07) is 9.59. The normalized spacial score (nSPS) is 16.0. The fraction of sp³-hybridized carbons (Fsp3) is 0.429. The molecule has 28 heavy (non-hydrogen) atoms. The van der Waals surface area contributed by atoms with Gasteiger partial charge in [-0.15, -0.1) is 0 Å². The van der Waals surface area contributed by atoms with Gasteiger partial charge in [-0.05, 0) is 36.8 Å². The molecule has 1 amide bonds. The van der Waals surface area contributed by atoms with E-state index >= 15 is 0 Å². The van der Waals surface area contributed by atoms with E-state index in [2.05, 4.69) is 9.88 Å². The Morgan fingerprint density at radius 1 is 1.07 bits per heavy atom. The molecule has 7 nitrogen and oxygen atoms in total. The van der Waals surface area contributed by atoms with Crippen LogP contribution in [0.4, 0.5) is 5.82 Å². The number of hydrogen-bond acceptors (Lipinski definition) is 6. The largest absolute Gasteiger partial charge is 0.486 e. The number of hydrogen-bond donors (Lipinski definition) is 0. The van der Waals surface area contributed by atoms with Crippen LogP contribution in [0.2, 0.25) is 0 Å². The van der Waals surface area contributed by atoms with Crippen LogP contribution in [0, 0.1) is 0 Å². The Kier molecular flexibility index (Phi) is 5.62. The number of ether oxygens (including phenoxy) is 3. The van der Waals surface area contributed by atoms with Crippen LogP contribution in [0.25, 0.3) is 0 Å². The third-order valence-corrected chi connectivity index (χ3v) is 4.98. The number of pyridine rings is 1. The molecule has 2 aromatic rings. The third kappa shape index (κ3) is 4.04. The lowest BCUT2D eigenvalue weighted by atomic mass is 10.1. The summed E-state index contributed by atoms with van der Waals surface area (Å²) in [4.78, 5) is 21.4. The second-order valence-electron chi connectivity index (χ2n) is 6.80. The van der Waals surface area contributed by atoms with Crippen molar-refractivity contribution in [2.75, 3.05) is 51.0 Å². The standard InChI is InChI=1S/C21H25N3O4/c1-2-23(15-16-3-5-18-19(13-16)28-12-11-27-18)21(25)17-4-6-20(22-14-17)24-7-9-26-10-8-24/h3-6,13-14H,2,7-12,15H2,1H3.